The van der Waals surface area contributed by atoms with Crippen LogP contribution in [-0.4, -0.2) is 28.3 Å². The number of aromatic amines is 1. The Morgan fingerprint density at radius 1 is 1.19 bits per heavy atom. The Labute approximate surface area is 151 Å². The number of para-hydroxylation sites is 2. The van der Waals surface area contributed by atoms with Crippen LogP contribution in [0.2, 0.25) is 0 Å². The number of carbonyl (C=O) groups excluding carboxylic acids is 2. The van der Waals surface area contributed by atoms with E-state index in [1.54, 1.807) is 17.0 Å². The van der Waals surface area contributed by atoms with E-state index in [2.05, 4.69) is 15.3 Å². The lowest BCUT2D eigenvalue weighted by molar-refractivity contribution is -0.117. The second kappa shape index (κ2) is 6.63. The molecule has 3 aromatic rings. The SMILES string of the molecule is C[C@H](NC(=O)c1ccc(N2CCCC2=O)cc1)c1nc2ccccc2[nH]1. The first-order valence-electron chi connectivity index (χ1n) is 8.78. The number of nitrogens with one attached hydrogen (secondary N) is 2. The van der Waals surface area contributed by atoms with Crippen molar-refractivity contribution in [1.29, 1.82) is 0 Å². The maximum absolute atomic E-state index is 12.5. The molecular weight excluding hydrogens is 328 g/mol. The summed E-state index contributed by atoms with van der Waals surface area (Å²) in [6.07, 6.45) is 1.48. The topological polar surface area (TPSA) is 78.1 Å². The van der Waals surface area contributed by atoms with Crippen LogP contribution in [0.25, 0.3) is 11.0 Å². The molecule has 2 heterocycles. The van der Waals surface area contributed by atoms with Gasteiger partial charge in [0.15, 0.2) is 0 Å². The number of benzene rings is 2. The summed E-state index contributed by atoms with van der Waals surface area (Å²) >= 11 is 0. The van der Waals surface area contributed by atoms with E-state index in [0.29, 0.717) is 12.0 Å². The van der Waals surface area contributed by atoms with Crippen LogP contribution in [0, 0.1) is 0 Å². The molecule has 132 valence electrons. The first-order chi connectivity index (χ1) is 12.6. The van der Waals surface area contributed by atoms with Crippen molar-refractivity contribution in [3.8, 4) is 0 Å². The third kappa shape index (κ3) is 3.06. The van der Waals surface area contributed by atoms with Crippen molar-refractivity contribution in [1.82, 2.24) is 15.3 Å². The van der Waals surface area contributed by atoms with Crippen molar-refractivity contribution in [3.05, 3.63) is 59.9 Å². The maximum Gasteiger partial charge on any atom is 0.251 e. The average Bonchev–Trinajstić information content (AvgIpc) is 3.27. The van der Waals surface area contributed by atoms with Gasteiger partial charge in [-0.1, -0.05) is 12.1 Å². The largest absolute Gasteiger partial charge is 0.342 e. The molecule has 0 radical (unpaired) electrons. The van der Waals surface area contributed by atoms with Crippen LogP contribution in [0.3, 0.4) is 0 Å². The number of aromatic nitrogens is 2. The molecule has 1 atom stereocenters. The van der Waals surface area contributed by atoms with E-state index in [1.165, 1.54) is 0 Å². The molecule has 0 aliphatic carbocycles. The second-order valence-electron chi connectivity index (χ2n) is 6.53. The summed E-state index contributed by atoms with van der Waals surface area (Å²) in [7, 11) is 0. The number of imidazole rings is 1. The van der Waals surface area contributed by atoms with Crippen molar-refractivity contribution in [2.24, 2.45) is 0 Å². The van der Waals surface area contributed by atoms with Crippen molar-refractivity contribution in [2.75, 3.05) is 11.4 Å². The van der Waals surface area contributed by atoms with Crippen LogP contribution in [0.5, 0.6) is 0 Å². The molecule has 1 aliphatic rings. The van der Waals surface area contributed by atoms with Crippen molar-refractivity contribution < 1.29 is 9.59 Å². The van der Waals surface area contributed by atoms with E-state index in [0.717, 1.165) is 35.5 Å². The number of anilines is 1. The molecule has 2 amide bonds. The molecule has 2 N–H and O–H groups in total. The Kier molecular flexibility index (Phi) is 4.16. The number of H-pyrrole nitrogens is 1. The van der Waals surface area contributed by atoms with E-state index in [-0.39, 0.29) is 17.9 Å². The van der Waals surface area contributed by atoms with Gasteiger partial charge in [-0.3, -0.25) is 9.59 Å². The molecule has 1 aliphatic heterocycles. The van der Waals surface area contributed by atoms with E-state index in [9.17, 15) is 9.59 Å². The molecule has 2 aromatic carbocycles. The number of hydrogen-bond acceptors (Lipinski definition) is 3. The minimum Gasteiger partial charge on any atom is -0.342 e. The molecule has 26 heavy (non-hydrogen) atoms. The Morgan fingerprint density at radius 2 is 1.96 bits per heavy atom. The molecule has 1 aromatic heterocycles. The number of rotatable bonds is 4. The van der Waals surface area contributed by atoms with Crippen LogP contribution in [0.4, 0.5) is 5.69 Å². The summed E-state index contributed by atoms with van der Waals surface area (Å²) < 4.78 is 0. The first-order valence-corrected chi connectivity index (χ1v) is 8.78. The molecule has 0 spiro atoms. The van der Waals surface area contributed by atoms with Gasteiger partial charge in [-0.25, -0.2) is 4.98 Å². The highest BCUT2D eigenvalue weighted by Crippen LogP contribution is 2.22. The van der Waals surface area contributed by atoms with Gasteiger partial charge in [-0.2, -0.15) is 0 Å². The van der Waals surface area contributed by atoms with E-state index < -0.39 is 0 Å². The normalized spacial score (nSPS) is 15.4. The third-order valence-electron chi connectivity index (χ3n) is 4.68. The van der Waals surface area contributed by atoms with Gasteiger partial charge < -0.3 is 15.2 Å². The van der Waals surface area contributed by atoms with Gasteiger partial charge in [0.25, 0.3) is 5.91 Å². The van der Waals surface area contributed by atoms with E-state index >= 15 is 0 Å². The summed E-state index contributed by atoms with van der Waals surface area (Å²) in [4.78, 5) is 33.8. The predicted molar refractivity (Wildman–Crippen MR) is 100 cm³/mol. The Balaban J connectivity index is 1.46. The van der Waals surface area contributed by atoms with Crippen LogP contribution >= 0.6 is 0 Å². The fourth-order valence-electron chi connectivity index (χ4n) is 3.24. The molecule has 0 unspecified atom stereocenters. The molecule has 4 rings (SSSR count). The maximum atomic E-state index is 12.5. The first kappa shape index (κ1) is 16.3. The lowest BCUT2D eigenvalue weighted by Crippen LogP contribution is -2.27. The summed E-state index contributed by atoms with van der Waals surface area (Å²) in [6.45, 7) is 2.64. The van der Waals surface area contributed by atoms with Crippen LogP contribution in [0.15, 0.2) is 48.5 Å². The van der Waals surface area contributed by atoms with Gasteiger partial charge in [0.1, 0.15) is 5.82 Å². The van der Waals surface area contributed by atoms with E-state index in [4.69, 9.17) is 0 Å². The number of amides is 2. The van der Waals surface area contributed by atoms with Crippen molar-refractivity contribution in [3.63, 3.8) is 0 Å². The van der Waals surface area contributed by atoms with E-state index in [1.807, 2.05) is 43.3 Å². The number of nitrogens with zero attached hydrogens (tertiary/aromatic N) is 2. The van der Waals surface area contributed by atoms with Gasteiger partial charge >= 0.3 is 0 Å². The quantitative estimate of drug-likeness (QED) is 0.760. The molecule has 1 saturated heterocycles. The van der Waals surface area contributed by atoms with Crippen molar-refractivity contribution >= 4 is 28.5 Å². The fourth-order valence-corrected chi connectivity index (χ4v) is 3.24. The molecule has 6 heteroatoms. The number of fused-ring (bicyclic) bond motifs is 1. The summed E-state index contributed by atoms with van der Waals surface area (Å²) in [6, 6.07) is 14.7. The van der Waals surface area contributed by atoms with Gasteiger partial charge in [-0.15, -0.1) is 0 Å². The number of hydrogen-bond donors (Lipinski definition) is 2. The fraction of sp³-hybridized carbons (Fsp3) is 0.250. The monoisotopic (exact) mass is 348 g/mol. The lowest BCUT2D eigenvalue weighted by Gasteiger charge is -2.16. The van der Waals surface area contributed by atoms with Gasteiger partial charge in [0.05, 0.1) is 17.1 Å². The zero-order valence-corrected chi connectivity index (χ0v) is 14.5. The standard InChI is InChI=1S/C20H20N4O2/c1-13(19-22-16-5-2-3-6-17(16)23-19)21-20(26)14-8-10-15(11-9-14)24-12-4-7-18(24)25/h2-3,5-6,8-11,13H,4,7,12H2,1H3,(H,21,26)(H,22,23)/t13-/m0/s1. The number of carbonyl (C=O) groups is 2. The molecule has 1 fully saturated rings. The van der Waals surface area contributed by atoms with Gasteiger partial charge in [-0.05, 0) is 49.7 Å². The molecular formula is C20H20N4O2. The van der Waals surface area contributed by atoms with Gasteiger partial charge in [0, 0.05) is 24.2 Å². The molecule has 0 saturated carbocycles. The summed E-state index contributed by atoms with van der Waals surface area (Å²) in [5.74, 6) is 0.691. The predicted octanol–water partition coefficient (Wildman–Crippen LogP) is 3.18. The van der Waals surface area contributed by atoms with Crippen LogP contribution in [-0.2, 0) is 4.79 Å². The zero-order chi connectivity index (χ0) is 18.1. The van der Waals surface area contributed by atoms with Gasteiger partial charge in [0.2, 0.25) is 5.91 Å². The van der Waals surface area contributed by atoms with Crippen molar-refractivity contribution in [2.45, 2.75) is 25.8 Å². The summed E-state index contributed by atoms with van der Waals surface area (Å²) in [5, 5.41) is 2.96. The highest BCUT2D eigenvalue weighted by molar-refractivity contribution is 5.97. The van der Waals surface area contributed by atoms with Crippen LogP contribution < -0.4 is 10.2 Å². The zero-order valence-electron chi connectivity index (χ0n) is 14.5. The molecule has 0 bridgehead atoms. The Morgan fingerprint density at radius 3 is 2.65 bits per heavy atom. The highest BCUT2D eigenvalue weighted by Gasteiger charge is 2.22. The Bertz CT molecular complexity index is 928. The Hall–Kier alpha value is -3.15. The highest BCUT2D eigenvalue weighted by atomic mass is 16.2. The minimum atomic E-state index is -0.241. The lowest BCUT2D eigenvalue weighted by atomic mass is 10.1. The smallest absolute Gasteiger partial charge is 0.251 e. The average molecular weight is 348 g/mol. The minimum absolute atomic E-state index is 0.140. The molecule has 6 nitrogen and oxygen atoms in total. The van der Waals surface area contributed by atoms with Crippen LogP contribution in [0.1, 0.15) is 42.0 Å². The third-order valence-corrected chi connectivity index (χ3v) is 4.68. The second-order valence-corrected chi connectivity index (χ2v) is 6.53. The summed E-state index contributed by atoms with van der Waals surface area (Å²) in [5.41, 5.74) is 3.23.